The lowest BCUT2D eigenvalue weighted by Crippen LogP contribution is -2.37. The Balaban J connectivity index is 1.85. The van der Waals surface area contributed by atoms with E-state index < -0.39 is 4.92 Å². The first-order valence-electron chi connectivity index (χ1n) is 8.20. The smallest absolute Gasteiger partial charge is 0.353 e. The van der Waals surface area contributed by atoms with E-state index in [1.165, 1.54) is 19.6 Å². The summed E-state index contributed by atoms with van der Waals surface area (Å²) in [4.78, 5) is 36.8. The van der Waals surface area contributed by atoms with Crippen molar-refractivity contribution in [1.29, 1.82) is 0 Å². The Morgan fingerprint density at radius 2 is 2.07 bits per heavy atom. The molecule has 11 heteroatoms. The molecule has 0 amide bonds. The second kappa shape index (κ2) is 8.12. The van der Waals surface area contributed by atoms with E-state index in [9.17, 15) is 14.9 Å². The highest BCUT2D eigenvalue weighted by atomic mass is 35.5. The number of pyridine rings is 1. The molecule has 2 aromatic heterocycles. The lowest BCUT2D eigenvalue weighted by atomic mass is 9.97. The maximum Gasteiger partial charge on any atom is 0.353 e. The van der Waals surface area contributed by atoms with Gasteiger partial charge in [-0.15, -0.1) is 0 Å². The number of methoxy groups -OCH3 is 1. The van der Waals surface area contributed by atoms with Crippen molar-refractivity contribution in [3.63, 3.8) is 0 Å². The van der Waals surface area contributed by atoms with Crippen LogP contribution in [0, 0.1) is 16.0 Å². The highest BCUT2D eigenvalue weighted by Gasteiger charge is 2.32. The number of halogens is 1. The molecule has 0 unspecified atom stereocenters. The molecule has 1 N–H and O–H groups in total. The molecule has 0 saturated carbocycles. The van der Waals surface area contributed by atoms with Crippen molar-refractivity contribution in [2.75, 3.05) is 30.4 Å². The number of nitrogens with one attached hydrogen (secondary N) is 1. The first-order valence-corrected chi connectivity index (χ1v) is 8.58. The molecule has 2 aromatic rings. The number of esters is 1. The van der Waals surface area contributed by atoms with Gasteiger partial charge in [0.2, 0.25) is 11.6 Å². The van der Waals surface area contributed by atoms with Gasteiger partial charge in [0, 0.05) is 19.3 Å². The van der Waals surface area contributed by atoms with E-state index in [-0.39, 0.29) is 29.2 Å². The van der Waals surface area contributed by atoms with E-state index >= 15 is 0 Å². The minimum absolute atomic E-state index is 0.0370. The fourth-order valence-electron chi connectivity index (χ4n) is 2.93. The summed E-state index contributed by atoms with van der Waals surface area (Å²) in [6.45, 7) is 0.909. The van der Waals surface area contributed by atoms with Crippen LogP contribution < -0.4 is 10.2 Å². The lowest BCUT2D eigenvalue weighted by Gasteiger charge is -2.31. The first-order chi connectivity index (χ1) is 13.0. The Hall–Kier alpha value is -3.01. The summed E-state index contributed by atoms with van der Waals surface area (Å²) < 4.78 is 4.77. The van der Waals surface area contributed by atoms with Gasteiger partial charge < -0.3 is 15.0 Å². The number of hydrogen-bond donors (Lipinski definition) is 1. The van der Waals surface area contributed by atoms with Gasteiger partial charge in [0.1, 0.15) is 12.1 Å². The van der Waals surface area contributed by atoms with E-state index in [1.54, 1.807) is 17.0 Å². The van der Waals surface area contributed by atoms with Crippen molar-refractivity contribution in [3.8, 4) is 0 Å². The Morgan fingerprint density at radius 3 is 2.67 bits per heavy atom. The van der Waals surface area contributed by atoms with Crippen LogP contribution in [0.1, 0.15) is 12.8 Å². The second-order valence-electron chi connectivity index (χ2n) is 5.92. The summed E-state index contributed by atoms with van der Waals surface area (Å²) in [6.07, 6.45) is 3.76. The molecule has 142 valence electrons. The van der Waals surface area contributed by atoms with Crippen molar-refractivity contribution in [2.45, 2.75) is 12.8 Å². The van der Waals surface area contributed by atoms with Crippen LogP contribution in [0.2, 0.25) is 5.02 Å². The lowest BCUT2D eigenvalue weighted by molar-refractivity contribution is -0.383. The average Bonchev–Trinajstić information content (AvgIpc) is 2.69. The van der Waals surface area contributed by atoms with Crippen LogP contribution >= 0.6 is 11.6 Å². The molecule has 0 atom stereocenters. The molecule has 27 heavy (non-hydrogen) atoms. The van der Waals surface area contributed by atoms with Crippen LogP contribution in [0.5, 0.6) is 0 Å². The Morgan fingerprint density at radius 1 is 1.33 bits per heavy atom. The fourth-order valence-corrected chi connectivity index (χ4v) is 3.04. The number of piperidine rings is 1. The molecule has 0 bridgehead atoms. The van der Waals surface area contributed by atoms with E-state index in [1.807, 2.05) is 0 Å². The minimum atomic E-state index is -0.528. The number of carbonyl (C=O) groups excluding carboxylic acids is 1. The Kier molecular flexibility index (Phi) is 5.65. The normalized spacial score (nSPS) is 14.7. The zero-order chi connectivity index (χ0) is 19.4. The maximum atomic E-state index is 11.7. The summed E-state index contributed by atoms with van der Waals surface area (Å²) in [5.41, 5.74) is -0.245. The van der Waals surface area contributed by atoms with E-state index in [4.69, 9.17) is 16.3 Å². The zero-order valence-electron chi connectivity index (χ0n) is 14.5. The quantitative estimate of drug-likeness (QED) is 0.464. The van der Waals surface area contributed by atoms with Crippen molar-refractivity contribution in [1.82, 2.24) is 15.0 Å². The van der Waals surface area contributed by atoms with E-state index in [0.29, 0.717) is 36.8 Å². The molecule has 1 saturated heterocycles. The second-order valence-corrected chi connectivity index (χ2v) is 6.36. The summed E-state index contributed by atoms with van der Waals surface area (Å²) in [6, 6.07) is 3.21. The van der Waals surface area contributed by atoms with Crippen LogP contribution in [0.3, 0.4) is 0 Å². The first kappa shape index (κ1) is 18.8. The molecular weight excluding hydrogens is 376 g/mol. The third-order valence-electron chi connectivity index (χ3n) is 4.29. The van der Waals surface area contributed by atoms with Crippen LogP contribution in [0.25, 0.3) is 0 Å². The number of nitrogens with zero attached hydrogens (tertiary/aromatic N) is 5. The van der Waals surface area contributed by atoms with Crippen LogP contribution in [0.4, 0.5) is 23.1 Å². The third kappa shape index (κ3) is 4.22. The van der Waals surface area contributed by atoms with Gasteiger partial charge >= 0.3 is 11.7 Å². The van der Waals surface area contributed by atoms with E-state index in [0.717, 1.165) is 0 Å². The number of hydrogen-bond acceptors (Lipinski definition) is 9. The molecule has 3 rings (SSSR count). The number of ether oxygens (including phenoxy) is 1. The van der Waals surface area contributed by atoms with Gasteiger partial charge in [-0.05, 0) is 25.0 Å². The predicted molar refractivity (Wildman–Crippen MR) is 98.2 cm³/mol. The summed E-state index contributed by atoms with van der Waals surface area (Å²) in [7, 11) is 1.35. The molecule has 0 aromatic carbocycles. The fraction of sp³-hybridized carbons (Fsp3) is 0.375. The highest BCUT2D eigenvalue weighted by Crippen LogP contribution is 2.35. The van der Waals surface area contributed by atoms with Gasteiger partial charge in [0.05, 0.1) is 23.0 Å². The number of aromatic nitrogens is 3. The molecule has 1 fully saturated rings. The van der Waals surface area contributed by atoms with Gasteiger partial charge in [0.25, 0.3) is 0 Å². The summed E-state index contributed by atoms with van der Waals surface area (Å²) in [5, 5.41) is 15.0. The molecule has 10 nitrogen and oxygen atoms in total. The Bertz CT molecular complexity index is 839. The number of carbonyl (C=O) groups is 1. The SMILES string of the molecule is COC(=O)C1CCN(c2ncnc(Nc3ccc(Cl)cn3)c2[N+](=O)[O-])CC1. The zero-order valence-corrected chi connectivity index (χ0v) is 15.2. The third-order valence-corrected chi connectivity index (χ3v) is 4.51. The average molecular weight is 393 g/mol. The predicted octanol–water partition coefficient (Wildman–Crippen LogP) is 2.57. The molecule has 1 aliphatic heterocycles. The summed E-state index contributed by atoms with van der Waals surface area (Å²) >= 11 is 5.80. The number of rotatable bonds is 5. The van der Waals surface area contributed by atoms with Crippen molar-refractivity contribution < 1.29 is 14.5 Å². The standard InChI is InChI=1S/C16H17ClN6O4/c1-27-16(24)10-4-6-22(7-5-10)15-13(23(25)26)14(19-9-20-15)21-12-3-2-11(17)8-18-12/h2-3,8-10H,4-7H2,1H3,(H,18,19,20,21). The molecule has 3 heterocycles. The van der Waals surface area contributed by atoms with Gasteiger partial charge in [0.15, 0.2) is 0 Å². The largest absolute Gasteiger partial charge is 0.469 e. The minimum Gasteiger partial charge on any atom is -0.469 e. The van der Waals surface area contributed by atoms with Gasteiger partial charge in [-0.2, -0.15) is 0 Å². The monoisotopic (exact) mass is 392 g/mol. The highest BCUT2D eigenvalue weighted by molar-refractivity contribution is 6.30. The molecule has 0 aliphatic carbocycles. The number of anilines is 3. The molecular formula is C16H17ClN6O4. The topological polar surface area (TPSA) is 123 Å². The molecule has 0 radical (unpaired) electrons. The molecule has 0 spiro atoms. The van der Waals surface area contributed by atoms with Crippen LogP contribution in [0.15, 0.2) is 24.7 Å². The van der Waals surface area contributed by atoms with Crippen LogP contribution in [-0.2, 0) is 9.53 Å². The maximum absolute atomic E-state index is 11.7. The number of nitro groups is 1. The van der Waals surface area contributed by atoms with Crippen LogP contribution in [-0.4, -0.2) is 46.0 Å². The van der Waals surface area contributed by atoms with Crippen molar-refractivity contribution >= 4 is 40.7 Å². The Labute approximate surface area is 159 Å². The van der Waals surface area contributed by atoms with Gasteiger partial charge in [-0.25, -0.2) is 15.0 Å². The van der Waals surface area contributed by atoms with Gasteiger partial charge in [-0.1, -0.05) is 11.6 Å². The van der Waals surface area contributed by atoms with Crippen molar-refractivity contribution in [3.05, 3.63) is 39.8 Å². The molecule has 1 aliphatic rings. The van der Waals surface area contributed by atoms with E-state index in [2.05, 4.69) is 20.3 Å². The van der Waals surface area contributed by atoms with Gasteiger partial charge in [-0.3, -0.25) is 14.9 Å². The summed E-state index contributed by atoms with van der Waals surface area (Å²) in [5.74, 6) is 0.146. The van der Waals surface area contributed by atoms with Crippen molar-refractivity contribution in [2.24, 2.45) is 5.92 Å².